The Labute approximate surface area is 153 Å². The zero-order chi connectivity index (χ0) is 18.1. The second kappa shape index (κ2) is 6.96. The van der Waals surface area contributed by atoms with Gasteiger partial charge in [0.1, 0.15) is 11.3 Å². The first-order valence-electron chi connectivity index (χ1n) is 9.02. The van der Waals surface area contributed by atoms with E-state index in [1.807, 2.05) is 18.2 Å². The molecule has 0 fully saturated rings. The average molecular weight is 349 g/mol. The van der Waals surface area contributed by atoms with Crippen LogP contribution in [0.15, 0.2) is 51.7 Å². The fourth-order valence-electron chi connectivity index (χ4n) is 3.85. The van der Waals surface area contributed by atoms with E-state index in [-0.39, 0.29) is 5.63 Å². The summed E-state index contributed by atoms with van der Waals surface area (Å²) in [4.78, 5) is 14.2. The minimum Gasteiger partial charge on any atom is -0.497 e. The van der Waals surface area contributed by atoms with Crippen LogP contribution in [0.4, 0.5) is 0 Å². The van der Waals surface area contributed by atoms with E-state index in [9.17, 15) is 4.79 Å². The van der Waals surface area contributed by atoms with Crippen molar-refractivity contribution in [2.75, 3.05) is 14.2 Å². The lowest BCUT2D eigenvalue weighted by molar-refractivity contribution is 0.318. The molecule has 1 aliphatic rings. The number of fused-ring (bicyclic) bond motifs is 2. The van der Waals surface area contributed by atoms with Crippen molar-refractivity contribution in [3.63, 3.8) is 0 Å². The van der Waals surface area contributed by atoms with Gasteiger partial charge in [0.05, 0.1) is 7.11 Å². The molecule has 1 aliphatic carbocycles. The van der Waals surface area contributed by atoms with Crippen molar-refractivity contribution in [2.24, 2.45) is 0 Å². The van der Waals surface area contributed by atoms with Crippen LogP contribution in [0.25, 0.3) is 11.0 Å². The average Bonchev–Trinajstić information content (AvgIpc) is 3.07. The molecule has 134 valence electrons. The maximum absolute atomic E-state index is 12.0. The second-order valence-corrected chi connectivity index (χ2v) is 7.09. The van der Waals surface area contributed by atoms with Crippen LogP contribution in [0.2, 0.25) is 0 Å². The molecule has 1 heterocycles. The van der Waals surface area contributed by atoms with Gasteiger partial charge in [-0.1, -0.05) is 12.1 Å². The summed E-state index contributed by atoms with van der Waals surface area (Å²) in [6.45, 7) is 1.47. The molecule has 0 saturated carbocycles. The Kier molecular flexibility index (Phi) is 4.51. The molecule has 0 saturated heterocycles. The van der Waals surface area contributed by atoms with Gasteiger partial charge in [-0.2, -0.15) is 0 Å². The van der Waals surface area contributed by atoms with Gasteiger partial charge in [0, 0.05) is 24.5 Å². The monoisotopic (exact) mass is 349 g/mol. The van der Waals surface area contributed by atoms with Crippen LogP contribution in [-0.4, -0.2) is 19.1 Å². The van der Waals surface area contributed by atoms with Crippen molar-refractivity contribution in [1.29, 1.82) is 0 Å². The van der Waals surface area contributed by atoms with Crippen LogP contribution < -0.4 is 10.4 Å². The van der Waals surface area contributed by atoms with Crippen molar-refractivity contribution < 1.29 is 9.15 Å². The third-order valence-corrected chi connectivity index (χ3v) is 5.07. The van der Waals surface area contributed by atoms with Gasteiger partial charge in [0.15, 0.2) is 0 Å². The lowest BCUT2D eigenvalue weighted by Crippen LogP contribution is -2.18. The summed E-state index contributed by atoms with van der Waals surface area (Å²) < 4.78 is 10.8. The van der Waals surface area contributed by atoms with Gasteiger partial charge in [-0.05, 0) is 72.8 Å². The zero-order valence-corrected chi connectivity index (χ0v) is 15.2. The van der Waals surface area contributed by atoms with Crippen molar-refractivity contribution in [3.05, 3.63) is 75.1 Å². The van der Waals surface area contributed by atoms with E-state index >= 15 is 0 Å². The summed E-state index contributed by atoms with van der Waals surface area (Å²) >= 11 is 0. The third kappa shape index (κ3) is 3.37. The fourth-order valence-corrected chi connectivity index (χ4v) is 3.85. The Hall–Kier alpha value is -2.59. The van der Waals surface area contributed by atoms with Crippen molar-refractivity contribution in [3.8, 4) is 5.75 Å². The molecule has 0 bridgehead atoms. The minimum absolute atomic E-state index is 0.278. The Morgan fingerprint density at radius 2 is 1.88 bits per heavy atom. The van der Waals surface area contributed by atoms with Crippen molar-refractivity contribution in [1.82, 2.24) is 4.90 Å². The predicted molar refractivity (Wildman–Crippen MR) is 103 cm³/mol. The highest BCUT2D eigenvalue weighted by molar-refractivity contribution is 5.82. The number of ether oxygens (including phenoxy) is 1. The van der Waals surface area contributed by atoms with Gasteiger partial charge in [-0.3, -0.25) is 4.90 Å². The van der Waals surface area contributed by atoms with E-state index in [1.54, 1.807) is 13.2 Å². The molecule has 0 unspecified atom stereocenters. The van der Waals surface area contributed by atoms with Crippen molar-refractivity contribution in [2.45, 2.75) is 32.4 Å². The van der Waals surface area contributed by atoms with Crippen LogP contribution >= 0.6 is 0 Å². The number of aryl methyl sites for hydroxylation is 2. The predicted octanol–water partition coefficient (Wildman–Crippen LogP) is 3.92. The number of methoxy groups -OCH3 is 1. The van der Waals surface area contributed by atoms with Gasteiger partial charge in [-0.15, -0.1) is 0 Å². The van der Waals surface area contributed by atoms with Gasteiger partial charge in [0.25, 0.3) is 0 Å². The summed E-state index contributed by atoms with van der Waals surface area (Å²) in [6.07, 6.45) is 3.37. The van der Waals surface area contributed by atoms with Gasteiger partial charge >= 0.3 is 5.63 Å². The number of hydrogen-bond acceptors (Lipinski definition) is 4. The van der Waals surface area contributed by atoms with Gasteiger partial charge in [-0.25, -0.2) is 4.79 Å². The molecule has 0 radical (unpaired) electrons. The zero-order valence-electron chi connectivity index (χ0n) is 15.2. The number of benzene rings is 2. The molecule has 4 rings (SSSR count). The summed E-state index contributed by atoms with van der Waals surface area (Å²) in [5.74, 6) is 0.859. The summed E-state index contributed by atoms with van der Waals surface area (Å²) in [5.41, 5.74) is 5.35. The van der Waals surface area contributed by atoms with Crippen LogP contribution in [0, 0.1) is 0 Å². The van der Waals surface area contributed by atoms with Crippen LogP contribution in [-0.2, 0) is 25.9 Å². The molecular weight excluding hydrogens is 326 g/mol. The van der Waals surface area contributed by atoms with E-state index in [0.717, 1.165) is 36.1 Å². The first-order valence-corrected chi connectivity index (χ1v) is 9.02. The summed E-state index contributed by atoms with van der Waals surface area (Å²) in [7, 11) is 3.74. The van der Waals surface area contributed by atoms with Gasteiger partial charge in [0.2, 0.25) is 0 Å². The van der Waals surface area contributed by atoms with Crippen LogP contribution in [0.5, 0.6) is 5.75 Å². The number of hydrogen-bond donors (Lipinski definition) is 0. The molecule has 4 heteroatoms. The molecule has 0 aliphatic heterocycles. The SMILES string of the molecule is COc1cccc(CN(C)Cc2cc(=O)oc3cc4c(cc23)CCC4)c1. The Bertz CT molecular complexity index is 1010. The Balaban J connectivity index is 1.62. The quantitative estimate of drug-likeness (QED) is 0.655. The minimum atomic E-state index is -0.278. The van der Waals surface area contributed by atoms with E-state index < -0.39 is 0 Å². The maximum Gasteiger partial charge on any atom is 0.336 e. The molecule has 4 nitrogen and oxygen atoms in total. The molecule has 1 aromatic heterocycles. The fraction of sp³-hybridized carbons (Fsp3) is 0.318. The molecule has 3 aromatic rings. The van der Waals surface area contributed by atoms with E-state index in [4.69, 9.17) is 9.15 Å². The van der Waals surface area contributed by atoms with E-state index in [2.05, 4.69) is 30.1 Å². The van der Waals surface area contributed by atoms with Crippen molar-refractivity contribution >= 4 is 11.0 Å². The highest BCUT2D eigenvalue weighted by atomic mass is 16.5. The van der Waals surface area contributed by atoms with Crippen LogP contribution in [0.3, 0.4) is 0 Å². The van der Waals surface area contributed by atoms with E-state index in [0.29, 0.717) is 12.1 Å². The smallest absolute Gasteiger partial charge is 0.336 e. The second-order valence-electron chi connectivity index (χ2n) is 7.09. The lowest BCUT2D eigenvalue weighted by Gasteiger charge is -2.18. The summed E-state index contributed by atoms with van der Waals surface area (Å²) in [5, 5.41) is 1.06. The standard InChI is InChI=1S/C22H23NO3/c1-23(13-15-5-3-8-19(9-15)25-2)14-18-12-22(24)26-21-11-17-7-4-6-16(17)10-20(18)21/h3,5,8-12H,4,6-7,13-14H2,1-2H3. The third-order valence-electron chi connectivity index (χ3n) is 5.07. The van der Waals surface area contributed by atoms with Crippen LogP contribution in [0.1, 0.15) is 28.7 Å². The van der Waals surface area contributed by atoms with E-state index in [1.165, 1.54) is 23.1 Å². The highest BCUT2D eigenvalue weighted by Crippen LogP contribution is 2.29. The highest BCUT2D eigenvalue weighted by Gasteiger charge is 2.16. The largest absolute Gasteiger partial charge is 0.497 e. The molecule has 0 spiro atoms. The lowest BCUT2D eigenvalue weighted by atomic mass is 10.0. The maximum atomic E-state index is 12.0. The normalized spacial score (nSPS) is 13.3. The molecule has 0 amide bonds. The Morgan fingerprint density at radius 1 is 1.08 bits per heavy atom. The molecule has 0 N–H and O–H groups in total. The first kappa shape index (κ1) is 16.9. The number of rotatable bonds is 5. The molecular formula is C22H23NO3. The molecule has 26 heavy (non-hydrogen) atoms. The molecule has 2 aromatic carbocycles. The number of nitrogens with zero attached hydrogens (tertiary/aromatic N) is 1. The molecule has 0 atom stereocenters. The first-order chi connectivity index (χ1) is 12.6. The summed E-state index contributed by atoms with van der Waals surface area (Å²) in [6, 6.07) is 14.0. The Morgan fingerprint density at radius 3 is 2.69 bits per heavy atom. The topological polar surface area (TPSA) is 42.7 Å². The van der Waals surface area contributed by atoms with Gasteiger partial charge < -0.3 is 9.15 Å².